The average Bonchev–Trinajstić information content (AvgIpc) is 1.90. The molecule has 0 aromatic carbocycles. The lowest BCUT2D eigenvalue weighted by molar-refractivity contribution is 0.964. The van der Waals surface area contributed by atoms with Crippen molar-refractivity contribution in [2.24, 2.45) is 0 Å². The first-order chi connectivity index (χ1) is 3.93. The summed E-state index contributed by atoms with van der Waals surface area (Å²) in [6, 6.07) is 0. The van der Waals surface area contributed by atoms with Crippen molar-refractivity contribution in [2.75, 3.05) is 5.88 Å². The van der Waals surface area contributed by atoms with Gasteiger partial charge in [-0.3, -0.25) is 0 Å². The van der Waals surface area contributed by atoms with E-state index in [1.165, 1.54) is 12.0 Å². The van der Waals surface area contributed by atoms with Crippen LogP contribution < -0.4 is 0 Å². The van der Waals surface area contributed by atoms with Gasteiger partial charge in [-0.05, 0) is 12.8 Å². The molecule has 0 unspecified atom stereocenters. The molecule has 0 bridgehead atoms. The van der Waals surface area contributed by atoms with E-state index in [-0.39, 0.29) is 0 Å². The Morgan fingerprint density at radius 3 is 2.88 bits per heavy atom. The maximum Gasteiger partial charge on any atom is 0.0436 e. The number of hydrogen-bond acceptors (Lipinski definition) is 0. The van der Waals surface area contributed by atoms with Gasteiger partial charge in [-0.1, -0.05) is 23.8 Å². The predicted octanol–water partition coefficient (Wildman–Crippen LogP) is 2.50. The number of halogens is 1. The highest BCUT2D eigenvalue weighted by molar-refractivity contribution is 6.19. The van der Waals surface area contributed by atoms with Crippen molar-refractivity contribution in [3.63, 3.8) is 0 Å². The third kappa shape index (κ3) is 1.38. The first-order valence-electron chi connectivity index (χ1n) is 2.84. The Bertz CT molecular complexity index is 122. The van der Waals surface area contributed by atoms with E-state index in [0.29, 0.717) is 5.88 Å². The molecule has 1 aliphatic rings. The lowest BCUT2D eigenvalue weighted by Crippen LogP contribution is -1.86. The zero-order valence-electron chi connectivity index (χ0n) is 4.73. The third-order valence-corrected chi connectivity index (χ3v) is 1.62. The lowest BCUT2D eigenvalue weighted by Gasteiger charge is -2.02. The number of hydrogen-bond donors (Lipinski definition) is 0. The van der Waals surface area contributed by atoms with Crippen LogP contribution in [0.5, 0.6) is 0 Å². The van der Waals surface area contributed by atoms with Gasteiger partial charge in [0.25, 0.3) is 0 Å². The van der Waals surface area contributed by atoms with Crippen LogP contribution in [0.15, 0.2) is 23.8 Å². The summed E-state index contributed by atoms with van der Waals surface area (Å²) in [6.45, 7) is 0. The molecule has 0 aromatic rings. The van der Waals surface area contributed by atoms with Gasteiger partial charge < -0.3 is 0 Å². The second kappa shape index (κ2) is 2.93. The van der Waals surface area contributed by atoms with E-state index in [0.717, 1.165) is 6.42 Å². The molecule has 0 aliphatic heterocycles. The lowest BCUT2D eigenvalue weighted by atomic mass is 10.1. The van der Waals surface area contributed by atoms with E-state index in [2.05, 4.69) is 18.2 Å². The van der Waals surface area contributed by atoms with Crippen LogP contribution in [-0.4, -0.2) is 5.88 Å². The maximum atomic E-state index is 5.58. The largest absolute Gasteiger partial charge is 0.122 e. The summed E-state index contributed by atoms with van der Waals surface area (Å²) < 4.78 is 0. The summed E-state index contributed by atoms with van der Waals surface area (Å²) in [7, 11) is 0. The van der Waals surface area contributed by atoms with Crippen LogP contribution in [0.3, 0.4) is 0 Å². The van der Waals surface area contributed by atoms with Gasteiger partial charge in [0, 0.05) is 5.88 Å². The van der Waals surface area contributed by atoms with E-state index in [1.54, 1.807) is 0 Å². The Kier molecular flexibility index (Phi) is 2.16. The average molecular weight is 129 g/mol. The molecule has 0 nitrogen and oxygen atoms in total. The smallest absolute Gasteiger partial charge is 0.0436 e. The van der Waals surface area contributed by atoms with Gasteiger partial charge >= 0.3 is 0 Å². The van der Waals surface area contributed by atoms with Gasteiger partial charge in [-0.25, -0.2) is 0 Å². The molecule has 0 radical (unpaired) electrons. The van der Waals surface area contributed by atoms with Gasteiger partial charge in [-0.2, -0.15) is 0 Å². The topological polar surface area (TPSA) is 0 Å². The molecule has 1 rings (SSSR count). The summed E-state index contributed by atoms with van der Waals surface area (Å²) in [4.78, 5) is 0. The van der Waals surface area contributed by atoms with Crippen molar-refractivity contribution in [3.8, 4) is 0 Å². The normalized spacial score (nSPS) is 18.4. The van der Waals surface area contributed by atoms with Crippen molar-refractivity contribution in [1.29, 1.82) is 0 Å². The minimum Gasteiger partial charge on any atom is -0.122 e. The summed E-state index contributed by atoms with van der Waals surface area (Å²) in [5.74, 6) is 0.699. The number of allylic oxidation sites excluding steroid dienone is 4. The first-order valence-corrected chi connectivity index (χ1v) is 3.37. The second-order valence-corrected chi connectivity index (χ2v) is 2.19. The fourth-order valence-corrected chi connectivity index (χ4v) is 0.986. The Balaban J connectivity index is 2.50. The Hall–Kier alpha value is -0.230. The van der Waals surface area contributed by atoms with Crippen LogP contribution >= 0.6 is 11.6 Å². The summed E-state index contributed by atoms with van der Waals surface area (Å²) in [5.41, 5.74) is 1.36. The summed E-state index contributed by atoms with van der Waals surface area (Å²) >= 11 is 5.58. The molecule has 1 heteroatoms. The van der Waals surface area contributed by atoms with Crippen LogP contribution in [0.25, 0.3) is 0 Å². The van der Waals surface area contributed by atoms with E-state index in [9.17, 15) is 0 Å². The SMILES string of the molecule is ClCC1=CC=CCC1. The number of rotatable bonds is 1. The summed E-state index contributed by atoms with van der Waals surface area (Å²) in [6.07, 6.45) is 8.65. The molecule has 0 saturated carbocycles. The minimum atomic E-state index is 0.699. The van der Waals surface area contributed by atoms with Crippen LogP contribution in [0.1, 0.15) is 12.8 Å². The molecule has 0 N–H and O–H groups in total. The van der Waals surface area contributed by atoms with Gasteiger partial charge in [0.1, 0.15) is 0 Å². The fourth-order valence-electron chi connectivity index (χ4n) is 0.764. The molecule has 0 spiro atoms. The van der Waals surface area contributed by atoms with Gasteiger partial charge in [0.05, 0.1) is 0 Å². The molecule has 0 atom stereocenters. The van der Waals surface area contributed by atoms with Gasteiger partial charge in [0.2, 0.25) is 0 Å². The third-order valence-electron chi connectivity index (χ3n) is 1.27. The second-order valence-electron chi connectivity index (χ2n) is 1.93. The van der Waals surface area contributed by atoms with E-state index in [1.807, 2.05) is 0 Å². The standard InChI is InChI=1S/C7H9Cl/c8-6-7-4-2-1-3-5-7/h1-2,4H,3,5-6H2. The van der Waals surface area contributed by atoms with Crippen molar-refractivity contribution in [1.82, 2.24) is 0 Å². The van der Waals surface area contributed by atoms with E-state index in [4.69, 9.17) is 11.6 Å². The molecular formula is C7H9Cl. The minimum absolute atomic E-state index is 0.699. The Morgan fingerprint density at radius 1 is 1.62 bits per heavy atom. The molecular weight excluding hydrogens is 120 g/mol. The highest BCUT2D eigenvalue weighted by Crippen LogP contribution is 2.11. The quantitative estimate of drug-likeness (QED) is 0.476. The van der Waals surface area contributed by atoms with Crippen LogP contribution in [0, 0.1) is 0 Å². The fraction of sp³-hybridized carbons (Fsp3) is 0.429. The van der Waals surface area contributed by atoms with Crippen molar-refractivity contribution < 1.29 is 0 Å². The summed E-state index contributed by atoms with van der Waals surface area (Å²) in [5, 5.41) is 0. The van der Waals surface area contributed by atoms with Crippen LogP contribution in [-0.2, 0) is 0 Å². The zero-order valence-corrected chi connectivity index (χ0v) is 5.49. The molecule has 0 fully saturated rings. The van der Waals surface area contributed by atoms with Crippen LogP contribution in [0.2, 0.25) is 0 Å². The molecule has 44 valence electrons. The van der Waals surface area contributed by atoms with Crippen LogP contribution in [0.4, 0.5) is 0 Å². The zero-order chi connectivity index (χ0) is 5.82. The van der Waals surface area contributed by atoms with Crippen molar-refractivity contribution in [3.05, 3.63) is 23.8 Å². The monoisotopic (exact) mass is 128 g/mol. The Labute approximate surface area is 54.8 Å². The molecule has 0 amide bonds. The maximum absolute atomic E-state index is 5.58. The first kappa shape index (κ1) is 5.90. The van der Waals surface area contributed by atoms with Gasteiger partial charge in [0.15, 0.2) is 0 Å². The molecule has 0 aromatic heterocycles. The number of alkyl halides is 1. The molecule has 0 heterocycles. The highest BCUT2D eigenvalue weighted by atomic mass is 35.5. The predicted molar refractivity (Wildman–Crippen MR) is 37.2 cm³/mol. The van der Waals surface area contributed by atoms with E-state index < -0.39 is 0 Å². The molecule has 8 heavy (non-hydrogen) atoms. The van der Waals surface area contributed by atoms with Gasteiger partial charge in [-0.15, -0.1) is 11.6 Å². The Morgan fingerprint density at radius 2 is 2.50 bits per heavy atom. The van der Waals surface area contributed by atoms with Crippen molar-refractivity contribution >= 4 is 11.6 Å². The molecule has 0 saturated heterocycles. The van der Waals surface area contributed by atoms with Crippen molar-refractivity contribution in [2.45, 2.75) is 12.8 Å². The molecule has 1 aliphatic carbocycles. The van der Waals surface area contributed by atoms with E-state index >= 15 is 0 Å². The highest BCUT2D eigenvalue weighted by Gasteiger charge is 1.94.